The second-order valence-corrected chi connectivity index (χ2v) is 5.00. The molecule has 1 aromatic carbocycles. The number of halogens is 1. The maximum atomic E-state index is 13.2. The standard InChI is InChI=1S/C15H19FO3/c1-2-19-14-9-12(16)7-8-13(14)10-3-5-11(6-4-10)15(17)18/h7-11H,2-6H2,1H3,(H,17,18). The largest absolute Gasteiger partial charge is 0.493 e. The summed E-state index contributed by atoms with van der Waals surface area (Å²) in [6, 6.07) is 4.63. The molecule has 0 radical (unpaired) electrons. The van der Waals surface area contributed by atoms with E-state index in [0.29, 0.717) is 25.2 Å². The van der Waals surface area contributed by atoms with Gasteiger partial charge in [0, 0.05) is 6.07 Å². The quantitative estimate of drug-likeness (QED) is 0.906. The lowest BCUT2D eigenvalue weighted by atomic mass is 9.78. The van der Waals surface area contributed by atoms with Crippen molar-refractivity contribution in [2.45, 2.75) is 38.5 Å². The molecule has 0 atom stereocenters. The van der Waals surface area contributed by atoms with Gasteiger partial charge in [0.05, 0.1) is 12.5 Å². The smallest absolute Gasteiger partial charge is 0.306 e. The van der Waals surface area contributed by atoms with Gasteiger partial charge in [0.1, 0.15) is 11.6 Å². The van der Waals surface area contributed by atoms with Crippen LogP contribution in [-0.4, -0.2) is 17.7 Å². The van der Waals surface area contributed by atoms with Crippen molar-refractivity contribution in [3.05, 3.63) is 29.6 Å². The minimum atomic E-state index is -0.706. The molecule has 19 heavy (non-hydrogen) atoms. The highest BCUT2D eigenvalue weighted by atomic mass is 19.1. The van der Waals surface area contributed by atoms with Gasteiger partial charge in [0.15, 0.2) is 0 Å². The summed E-state index contributed by atoms with van der Waals surface area (Å²) in [7, 11) is 0. The topological polar surface area (TPSA) is 46.5 Å². The van der Waals surface area contributed by atoms with Crippen LogP contribution in [0.5, 0.6) is 5.75 Å². The molecule has 3 nitrogen and oxygen atoms in total. The van der Waals surface area contributed by atoms with Gasteiger partial charge in [-0.2, -0.15) is 0 Å². The lowest BCUT2D eigenvalue weighted by Gasteiger charge is -2.27. The van der Waals surface area contributed by atoms with Gasteiger partial charge in [-0.3, -0.25) is 4.79 Å². The highest BCUT2D eigenvalue weighted by Crippen LogP contribution is 2.39. The molecule has 0 spiro atoms. The van der Waals surface area contributed by atoms with E-state index in [1.165, 1.54) is 12.1 Å². The molecule has 2 rings (SSSR count). The van der Waals surface area contributed by atoms with Crippen LogP contribution < -0.4 is 4.74 Å². The third kappa shape index (κ3) is 3.25. The molecule has 0 saturated heterocycles. The lowest BCUT2D eigenvalue weighted by Crippen LogP contribution is -2.20. The summed E-state index contributed by atoms with van der Waals surface area (Å²) in [5, 5.41) is 9.00. The number of carbonyl (C=O) groups is 1. The number of carboxylic acid groups (broad SMARTS) is 1. The van der Waals surface area contributed by atoms with Crippen molar-refractivity contribution in [2.75, 3.05) is 6.61 Å². The fourth-order valence-corrected chi connectivity index (χ4v) is 2.78. The summed E-state index contributed by atoms with van der Waals surface area (Å²) in [6.07, 6.45) is 3.01. The van der Waals surface area contributed by atoms with Gasteiger partial charge in [-0.15, -0.1) is 0 Å². The minimum absolute atomic E-state index is 0.229. The number of hydrogen-bond acceptors (Lipinski definition) is 2. The molecule has 1 fully saturated rings. The number of hydrogen-bond donors (Lipinski definition) is 1. The maximum Gasteiger partial charge on any atom is 0.306 e. The summed E-state index contributed by atoms with van der Waals surface area (Å²) in [5.41, 5.74) is 1.01. The van der Waals surface area contributed by atoms with E-state index in [1.54, 1.807) is 6.07 Å². The van der Waals surface area contributed by atoms with Crippen molar-refractivity contribution in [2.24, 2.45) is 5.92 Å². The van der Waals surface area contributed by atoms with E-state index in [-0.39, 0.29) is 17.7 Å². The van der Waals surface area contributed by atoms with Crippen LogP contribution in [0.15, 0.2) is 18.2 Å². The normalized spacial score (nSPS) is 23.1. The molecular formula is C15H19FO3. The Morgan fingerprint density at radius 3 is 2.63 bits per heavy atom. The second kappa shape index (κ2) is 6.04. The maximum absolute atomic E-state index is 13.2. The van der Waals surface area contributed by atoms with E-state index < -0.39 is 5.97 Å². The Kier molecular flexibility index (Phi) is 4.40. The van der Waals surface area contributed by atoms with Gasteiger partial charge in [-0.1, -0.05) is 6.07 Å². The summed E-state index contributed by atoms with van der Waals surface area (Å²) in [4.78, 5) is 10.9. The molecule has 0 heterocycles. The molecule has 1 N–H and O–H groups in total. The molecule has 0 aliphatic heterocycles. The van der Waals surface area contributed by atoms with Gasteiger partial charge in [-0.25, -0.2) is 4.39 Å². The highest BCUT2D eigenvalue weighted by molar-refractivity contribution is 5.70. The van der Waals surface area contributed by atoms with E-state index in [2.05, 4.69) is 0 Å². The Bertz CT molecular complexity index is 451. The molecule has 0 amide bonds. The Morgan fingerprint density at radius 2 is 2.05 bits per heavy atom. The zero-order valence-corrected chi connectivity index (χ0v) is 11.1. The predicted octanol–water partition coefficient (Wildman–Crippen LogP) is 3.58. The van der Waals surface area contributed by atoms with Crippen molar-refractivity contribution in [1.82, 2.24) is 0 Å². The fourth-order valence-electron chi connectivity index (χ4n) is 2.78. The number of benzene rings is 1. The molecule has 1 aromatic rings. The van der Waals surface area contributed by atoms with Crippen LogP contribution in [0.1, 0.15) is 44.1 Å². The monoisotopic (exact) mass is 266 g/mol. The minimum Gasteiger partial charge on any atom is -0.493 e. The third-order valence-electron chi connectivity index (χ3n) is 3.79. The number of aliphatic carboxylic acids is 1. The number of carboxylic acids is 1. The SMILES string of the molecule is CCOc1cc(F)ccc1C1CCC(C(=O)O)CC1. The molecule has 1 aliphatic rings. The first-order valence-corrected chi connectivity index (χ1v) is 6.76. The molecule has 1 aliphatic carbocycles. The van der Waals surface area contributed by atoms with E-state index in [4.69, 9.17) is 9.84 Å². The second-order valence-electron chi connectivity index (χ2n) is 5.00. The zero-order chi connectivity index (χ0) is 13.8. The first-order valence-electron chi connectivity index (χ1n) is 6.76. The van der Waals surface area contributed by atoms with Crippen LogP contribution in [0.25, 0.3) is 0 Å². The Balaban J connectivity index is 2.12. The van der Waals surface area contributed by atoms with Crippen LogP contribution in [0.4, 0.5) is 4.39 Å². The number of rotatable bonds is 4. The van der Waals surface area contributed by atoms with E-state index in [1.807, 2.05) is 6.92 Å². The van der Waals surface area contributed by atoms with Gasteiger partial charge >= 0.3 is 5.97 Å². The van der Waals surface area contributed by atoms with Crippen LogP contribution >= 0.6 is 0 Å². The van der Waals surface area contributed by atoms with Crippen LogP contribution in [-0.2, 0) is 4.79 Å². The number of ether oxygens (including phenoxy) is 1. The molecule has 104 valence electrons. The van der Waals surface area contributed by atoms with Crippen molar-refractivity contribution >= 4 is 5.97 Å². The van der Waals surface area contributed by atoms with Gasteiger partial charge in [0.25, 0.3) is 0 Å². The first kappa shape index (κ1) is 13.8. The zero-order valence-electron chi connectivity index (χ0n) is 11.1. The molecule has 0 unspecified atom stereocenters. The van der Waals surface area contributed by atoms with E-state index in [9.17, 15) is 9.18 Å². The Hall–Kier alpha value is -1.58. The predicted molar refractivity (Wildman–Crippen MR) is 69.9 cm³/mol. The van der Waals surface area contributed by atoms with Gasteiger partial charge in [0.2, 0.25) is 0 Å². The highest BCUT2D eigenvalue weighted by Gasteiger charge is 2.28. The van der Waals surface area contributed by atoms with Crippen molar-refractivity contribution in [1.29, 1.82) is 0 Å². The van der Waals surface area contributed by atoms with Crippen molar-refractivity contribution < 1.29 is 19.0 Å². The van der Waals surface area contributed by atoms with Gasteiger partial charge < -0.3 is 9.84 Å². The average Bonchev–Trinajstić information content (AvgIpc) is 2.39. The van der Waals surface area contributed by atoms with E-state index >= 15 is 0 Å². The van der Waals surface area contributed by atoms with Crippen molar-refractivity contribution in [3.8, 4) is 5.75 Å². The summed E-state index contributed by atoms with van der Waals surface area (Å²) in [6.45, 7) is 2.37. The van der Waals surface area contributed by atoms with Gasteiger partial charge in [-0.05, 0) is 50.2 Å². The summed E-state index contributed by atoms with van der Waals surface area (Å²) < 4.78 is 18.7. The van der Waals surface area contributed by atoms with Crippen LogP contribution in [0.2, 0.25) is 0 Å². The Labute approximate surface area is 112 Å². The Morgan fingerprint density at radius 1 is 1.37 bits per heavy atom. The van der Waals surface area contributed by atoms with Crippen LogP contribution in [0, 0.1) is 11.7 Å². The molecule has 4 heteroatoms. The third-order valence-corrected chi connectivity index (χ3v) is 3.79. The van der Waals surface area contributed by atoms with E-state index in [0.717, 1.165) is 18.4 Å². The molecule has 1 saturated carbocycles. The molecule has 0 aromatic heterocycles. The molecular weight excluding hydrogens is 247 g/mol. The fraction of sp³-hybridized carbons (Fsp3) is 0.533. The van der Waals surface area contributed by atoms with Crippen molar-refractivity contribution in [3.63, 3.8) is 0 Å². The summed E-state index contributed by atoms with van der Waals surface area (Å²) in [5.74, 6) is -0.361. The lowest BCUT2D eigenvalue weighted by molar-refractivity contribution is -0.142. The first-order chi connectivity index (χ1) is 9.11. The van der Waals surface area contributed by atoms with Crippen LogP contribution in [0.3, 0.4) is 0 Å². The summed E-state index contributed by atoms with van der Waals surface area (Å²) >= 11 is 0. The molecule has 0 bridgehead atoms. The average molecular weight is 266 g/mol.